The van der Waals surface area contributed by atoms with Crippen LogP contribution in [0.5, 0.6) is 0 Å². The van der Waals surface area contributed by atoms with E-state index in [9.17, 15) is 0 Å². The van der Waals surface area contributed by atoms with E-state index in [1.165, 1.54) is 18.5 Å². The summed E-state index contributed by atoms with van der Waals surface area (Å²) in [6, 6.07) is 7.00. The molecule has 0 radical (unpaired) electrons. The summed E-state index contributed by atoms with van der Waals surface area (Å²) in [4.78, 5) is 7.66. The van der Waals surface area contributed by atoms with Gasteiger partial charge in [-0.25, -0.2) is 4.98 Å². The Kier molecular flexibility index (Phi) is 2.13. The fourth-order valence-corrected chi connectivity index (χ4v) is 2.48. The third-order valence-electron chi connectivity index (χ3n) is 3.34. The lowest BCUT2D eigenvalue weighted by Crippen LogP contribution is -2.33. The first kappa shape index (κ1) is 9.70. The molecular formula is C13H17N3. The number of aromatic nitrogens is 2. The smallest absolute Gasteiger partial charge is 0.104 e. The maximum atomic E-state index is 4.40. The zero-order valence-electron chi connectivity index (χ0n) is 9.75. The summed E-state index contributed by atoms with van der Waals surface area (Å²) >= 11 is 0. The van der Waals surface area contributed by atoms with Gasteiger partial charge in [0.05, 0.1) is 11.0 Å². The second-order valence-electron chi connectivity index (χ2n) is 4.97. The Labute approximate surface area is 95.3 Å². The van der Waals surface area contributed by atoms with Gasteiger partial charge in [-0.05, 0) is 43.9 Å². The van der Waals surface area contributed by atoms with Crippen LogP contribution in [-0.4, -0.2) is 16.0 Å². The molecule has 3 rings (SSSR count). The number of nitrogens with zero attached hydrogens (tertiary/aromatic N) is 1. The van der Waals surface area contributed by atoms with Crippen molar-refractivity contribution in [2.75, 3.05) is 5.32 Å². The van der Waals surface area contributed by atoms with Crippen LogP contribution in [0.15, 0.2) is 18.2 Å². The molecule has 1 aromatic carbocycles. The molecule has 0 atom stereocenters. The van der Waals surface area contributed by atoms with Crippen molar-refractivity contribution in [1.29, 1.82) is 0 Å². The highest BCUT2D eigenvalue weighted by Gasteiger charge is 2.24. The number of hydrogen-bond acceptors (Lipinski definition) is 2. The molecule has 0 spiro atoms. The van der Waals surface area contributed by atoms with E-state index in [0.717, 1.165) is 22.8 Å². The van der Waals surface area contributed by atoms with Crippen molar-refractivity contribution in [2.24, 2.45) is 5.92 Å². The summed E-state index contributed by atoms with van der Waals surface area (Å²) in [5.74, 6) is 1.86. The molecule has 1 aliphatic carbocycles. The Balaban J connectivity index is 1.82. The fraction of sp³-hybridized carbons (Fsp3) is 0.462. The van der Waals surface area contributed by atoms with E-state index < -0.39 is 0 Å². The number of anilines is 1. The molecule has 0 unspecified atom stereocenters. The predicted octanol–water partition coefficient (Wildman–Crippen LogP) is 3.08. The fourth-order valence-electron chi connectivity index (χ4n) is 2.48. The average Bonchev–Trinajstić information content (AvgIpc) is 2.55. The molecule has 1 aromatic heterocycles. The first-order valence-electron chi connectivity index (χ1n) is 5.93. The van der Waals surface area contributed by atoms with Crippen LogP contribution in [0.3, 0.4) is 0 Å². The van der Waals surface area contributed by atoms with Crippen LogP contribution < -0.4 is 5.32 Å². The standard InChI is InChI=1S/C13H17N3/c1-8-5-11(6-8)16-10-3-4-12-13(7-10)15-9(2)14-12/h3-4,7-8,11,16H,5-6H2,1-2H3,(H,14,15). The number of fused-ring (bicyclic) bond motifs is 1. The van der Waals surface area contributed by atoms with Crippen molar-refractivity contribution in [2.45, 2.75) is 32.7 Å². The zero-order chi connectivity index (χ0) is 11.1. The van der Waals surface area contributed by atoms with E-state index in [4.69, 9.17) is 0 Å². The minimum atomic E-state index is 0.663. The summed E-state index contributed by atoms with van der Waals surface area (Å²) in [5.41, 5.74) is 3.37. The number of benzene rings is 1. The lowest BCUT2D eigenvalue weighted by Gasteiger charge is -2.34. The number of imidazole rings is 1. The van der Waals surface area contributed by atoms with Gasteiger partial charge in [0, 0.05) is 11.7 Å². The van der Waals surface area contributed by atoms with Crippen molar-refractivity contribution in [3.63, 3.8) is 0 Å². The Morgan fingerprint density at radius 1 is 1.38 bits per heavy atom. The molecule has 1 fully saturated rings. The Hall–Kier alpha value is -1.51. The van der Waals surface area contributed by atoms with Gasteiger partial charge >= 0.3 is 0 Å². The van der Waals surface area contributed by atoms with Crippen LogP contribution in [0, 0.1) is 12.8 Å². The molecule has 3 heteroatoms. The monoisotopic (exact) mass is 215 g/mol. The molecule has 16 heavy (non-hydrogen) atoms. The molecule has 3 nitrogen and oxygen atoms in total. The van der Waals surface area contributed by atoms with E-state index in [1.807, 2.05) is 6.92 Å². The summed E-state index contributed by atoms with van der Waals surface area (Å²) in [5, 5.41) is 3.56. The van der Waals surface area contributed by atoms with Gasteiger partial charge < -0.3 is 10.3 Å². The van der Waals surface area contributed by atoms with Gasteiger partial charge in [-0.3, -0.25) is 0 Å². The Morgan fingerprint density at radius 2 is 2.19 bits per heavy atom. The van der Waals surface area contributed by atoms with Gasteiger partial charge in [-0.2, -0.15) is 0 Å². The quantitative estimate of drug-likeness (QED) is 0.808. The van der Waals surface area contributed by atoms with Crippen molar-refractivity contribution in [3.05, 3.63) is 24.0 Å². The van der Waals surface area contributed by atoms with E-state index in [-0.39, 0.29) is 0 Å². The van der Waals surface area contributed by atoms with Crippen molar-refractivity contribution in [3.8, 4) is 0 Å². The van der Waals surface area contributed by atoms with Gasteiger partial charge in [0.15, 0.2) is 0 Å². The second-order valence-corrected chi connectivity index (χ2v) is 4.97. The number of H-pyrrole nitrogens is 1. The Morgan fingerprint density at radius 3 is 2.94 bits per heavy atom. The van der Waals surface area contributed by atoms with E-state index in [1.54, 1.807) is 0 Å². The highest BCUT2D eigenvalue weighted by atomic mass is 14.9. The van der Waals surface area contributed by atoms with Crippen LogP contribution in [0.2, 0.25) is 0 Å². The van der Waals surface area contributed by atoms with Crippen molar-refractivity contribution in [1.82, 2.24) is 9.97 Å². The van der Waals surface area contributed by atoms with Crippen LogP contribution in [-0.2, 0) is 0 Å². The molecule has 0 bridgehead atoms. The first-order chi connectivity index (χ1) is 7.70. The molecule has 0 aliphatic heterocycles. The largest absolute Gasteiger partial charge is 0.382 e. The lowest BCUT2D eigenvalue weighted by molar-refractivity contribution is 0.309. The molecule has 2 N–H and O–H groups in total. The first-order valence-corrected chi connectivity index (χ1v) is 5.93. The molecule has 0 amide bonds. The van der Waals surface area contributed by atoms with Gasteiger partial charge in [0.2, 0.25) is 0 Å². The van der Waals surface area contributed by atoms with Gasteiger partial charge in [-0.15, -0.1) is 0 Å². The number of rotatable bonds is 2. The van der Waals surface area contributed by atoms with Crippen LogP contribution in [0.1, 0.15) is 25.6 Å². The van der Waals surface area contributed by atoms with E-state index in [0.29, 0.717) is 6.04 Å². The van der Waals surface area contributed by atoms with Crippen molar-refractivity contribution < 1.29 is 0 Å². The Bertz CT molecular complexity index is 509. The molecular weight excluding hydrogens is 198 g/mol. The summed E-state index contributed by atoms with van der Waals surface area (Å²) in [6.07, 6.45) is 2.58. The third kappa shape index (κ3) is 1.66. The van der Waals surface area contributed by atoms with Gasteiger partial charge in [0.1, 0.15) is 5.82 Å². The topological polar surface area (TPSA) is 40.7 Å². The molecule has 1 saturated carbocycles. The highest BCUT2D eigenvalue weighted by Crippen LogP contribution is 2.30. The minimum absolute atomic E-state index is 0.663. The van der Waals surface area contributed by atoms with Gasteiger partial charge in [0.25, 0.3) is 0 Å². The van der Waals surface area contributed by atoms with Crippen LogP contribution in [0.4, 0.5) is 5.69 Å². The second kappa shape index (κ2) is 3.51. The summed E-state index contributed by atoms with van der Waals surface area (Å²) < 4.78 is 0. The minimum Gasteiger partial charge on any atom is -0.382 e. The molecule has 0 saturated heterocycles. The van der Waals surface area contributed by atoms with Crippen molar-refractivity contribution >= 4 is 16.7 Å². The van der Waals surface area contributed by atoms with Crippen LogP contribution >= 0.6 is 0 Å². The van der Waals surface area contributed by atoms with Crippen LogP contribution in [0.25, 0.3) is 11.0 Å². The molecule has 1 aliphatic rings. The number of nitrogens with one attached hydrogen (secondary N) is 2. The number of hydrogen-bond donors (Lipinski definition) is 2. The maximum absolute atomic E-state index is 4.40. The maximum Gasteiger partial charge on any atom is 0.104 e. The predicted molar refractivity (Wildman–Crippen MR) is 66.6 cm³/mol. The van der Waals surface area contributed by atoms with E-state index in [2.05, 4.69) is 40.4 Å². The lowest BCUT2D eigenvalue weighted by atomic mass is 9.82. The normalized spacial score (nSPS) is 24.4. The molecule has 1 heterocycles. The highest BCUT2D eigenvalue weighted by molar-refractivity contribution is 5.79. The third-order valence-corrected chi connectivity index (χ3v) is 3.34. The van der Waals surface area contributed by atoms with E-state index >= 15 is 0 Å². The number of aromatic amines is 1. The average molecular weight is 215 g/mol. The summed E-state index contributed by atoms with van der Waals surface area (Å²) in [7, 11) is 0. The molecule has 84 valence electrons. The SMILES string of the molecule is Cc1nc2ccc(NC3CC(C)C3)cc2[nH]1. The number of aryl methyl sites for hydroxylation is 1. The summed E-state index contributed by atoms with van der Waals surface area (Å²) in [6.45, 7) is 4.29. The molecule has 2 aromatic rings. The van der Waals surface area contributed by atoms with Gasteiger partial charge in [-0.1, -0.05) is 6.92 Å². The zero-order valence-corrected chi connectivity index (χ0v) is 9.75.